The minimum absolute atomic E-state index is 0.135. The van der Waals surface area contributed by atoms with Crippen LogP contribution in [0.25, 0.3) is 10.9 Å². The van der Waals surface area contributed by atoms with E-state index in [4.69, 9.17) is 10.7 Å². The Labute approximate surface area is 108 Å². The lowest BCUT2D eigenvalue weighted by Gasteiger charge is -2.26. The number of nitrogens with zero attached hydrogens (tertiary/aromatic N) is 1. The quantitative estimate of drug-likeness (QED) is 0.874. The second-order valence-corrected chi connectivity index (χ2v) is 5.53. The molecule has 2 nitrogen and oxygen atoms in total. The number of aryl methyl sites for hydroxylation is 1. The maximum atomic E-state index is 6.04. The van der Waals surface area contributed by atoms with E-state index >= 15 is 0 Å². The summed E-state index contributed by atoms with van der Waals surface area (Å²) >= 11 is 0. The van der Waals surface area contributed by atoms with E-state index in [0.29, 0.717) is 0 Å². The summed E-state index contributed by atoms with van der Waals surface area (Å²) in [5.74, 6) is 0. The van der Waals surface area contributed by atoms with Crippen molar-refractivity contribution < 1.29 is 0 Å². The van der Waals surface area contributed by atoms with Gasteiger partial charge >= 0.3 is 0 Å². The summed E-state index contributed by atoms with van der Waals surface area (Å²) in [7, 11) is 0. The first-order valence-electron chi connectivity index (χ1n) is 6.82. The number of aromatic nitrogens is 1. The first-order valence-corrected chi connectivity index (χ1v) is 6.82. The first-order chi connectivity index (χ1) is 8.75. The van der Waals surface area contributed by atoms with E-state index in [1.54, 1.807) is 0 Å². The zero-order chi connectivity index (χ0) is 12.6. The highest BCUT2D eigenvalue weighted by molar-refractivity contribution is 5.81. The number of hydrogen-bond donors (Lipinski definition) is 1. The van der Waals surface area contributed by atoms with Crippen molar-refractivity contribution in [2.75, 3.05) is 6.54 Å². The summed E-state index contributed by atoms with van der Waals surface area (Å²) in [5.41, 5.74) is 9.76. The van der Waals surface area contributed by atoms with Gasteiger partial charge in [-0.3, -0.25) is 4.98 Å². The lowest BCUT2D eigenvalue weighted by atomic mass is 9.82. The molecule has 0 saturated heterocycles. The van der Waals surface area contributed by atoms with Crippen molar-refractivity contribution >= 4 is 10.9 Å². The molecule has 2 heteroatoms. The fourth-order valence-electron chi connectivity index (χ4n) is 3.21. The molecule has 1 aromatic carbocycles. The molecule has 0 unspecified atom stereocenters. The predicted octanol–water partition coefficient (Wildman–Crippen LogP) is 3.31. The molecule has 1 heterocycles. The molecule has 1 fully saturated rings. The molecule has 2 N–H and O–H groups in total. The highest BCUT2D eigenvalue weighted by atomic mass is 14.8. The van der Waals surface area contributed by atoms with Crippen LogP contribution in [-0.2, 0) is 5.41 Å². The molecule has 1 aliphatic carbocycles. The molecule has 0 bridgehead atoms. The van der Waals surface area contributed by atoms with Crippen LogP contribution in [0, 0.1) is 6.92 Å². The van der Waals surface area contributed by atoms with Gasteiger partial charge in [0.2, 0.25) is 0 Å². The number of pyridine rings is 1. The highest BCUT2D eigenvalue weighted by Gasteiger charge is 2.35. The van der Waals surface area contributed by atoms with E-state index in [2.05, 4.69) is 37.3 Å². The molecule has 18 heavy (non-hydrogen) atoms. The standard InChI is InChI=1S/C16H20N2/c1-12-5-4-6-13-7-8-14(18-15(12)13)16(11-17)9-2-3-10-16/h4-8H,2-3,9-11,17H2,1H3. The van der Waals surface area contributed by atoms with Gasteiger partial charge in [0, 0.05) is 23.0 Å². The zero-order valence-electron chi connectivity index (χ0n) is 10.9. The van der Waals surface area contributed by atoms with E-state index in [1.807, 2.05) is 0 Å². The number of nitrogens with two attached hydrogens (primary N) is 1. The van der Waals surface area contributed by atoms with Gasteiger partial charge in [-0.2, -0.15) is 0 Å². The maximum Gasteiger partial charge on any atom is 0.0734 e. The summed E-state index contributed by atoms with van der Waals surface area (Å²) in [6.07, 6.45) is 4.94. The number of benzene rings is 1. The maximum absolute atomic E-state index is 6.04. The third-order valence-corrected chi connectivity index (χ3v) is 4.42. The molecular formula is C16H20N2. The fourth-order valence-corrected chi connectivity index (χ4v) is 3.21. The molecule has 3 rings (SSSR count). The van der Waals surface area contributed by atoms with Gasteiger partial charge in [0.1, 0.15) is 0 Å². The average molecular weight is 240 g/mol. The number of hydrogen-bond acceptors (Lipinski definition) is 2. The van der Waals surface area contributed by atoms with Crippen molar-refractivity contribution in [2.24, 2.45) is 5.73 Å². The van der Waals surface area contributed by atoms with Crippen molar-refractivity contribution in [1.29, 1.82) is 0 Å². The lowest BCUT2D eigenvalue weighted by molar-refractivity contribution is 0.441. The van der Waals surface area contributed by atoms with Crippen LogP contribution in [0.15, 0.2) is 30.3 Å². The molecule has 1 aromatic heterocycles. The summed E-state index contributed by atoms with van der Waals surface area (Å²) in [4.78, 5) is 4.92. The molecule has 0 spiro atoms. The van der Waals surface area contributed by atoms with Gasteiger partial charge in [0.05, 0.1) is 5.52 Å². The van der Waals surface area contributed by atoms with Crippen LogP contribution < -0.4 is 5.73 Å². The van der Waals surface area contributed by atoms with E-state index < -0.39 is 0 Å². The second-order valence-electron chi connectivity index (χ2n) is 5.53. The first kappa shape index (κ1) is 11.7. The molecule has 94 valence electrons. The third kappa shape index (κ3) is 1.72. The topological polar surface area (TPSA) is 38.9 Å². The van der Waals surface area contributed by atoms with E-state index in [9.17, 15) is 0 Å². The van der Waals surface area contributed by atoms with Gasteiger partial charge in [-0.05, 0) is 31.4 Å². The Kier molecular flexibility index (Phi) is 2.83. The zero-order valence-corrected chi connectivity index (χ0v) is 10.9. The summed E-state index contributed by atoms with van der Waals surface area (Å²) < 4.78 is 0. The monoisotopic (exact) mass is 240 g/mol. The van der Waals surface area contributed by atoms with Crippen molar-refractivity contribution in [2.45, 2.75) is 38.0 Å². The second kappa shape index (κ2) is 4.36. The van der Waals surface area contributed by atoms with Gasteiger partial charge in [0.25, 0.3) is 0 Å². The van der Waals surface area contributed by atoms with Gasteiger partial charge < -0.3 is 5.73 Å². The summed E-state index contributed by atoms with van der Waals surface area (Å²) in [6, 6.07) is 10.7. The predicted molar refractivity (Wildman–Crippen MR) is 75.7 cm³/mol. The Morgan fingerprint density at radius 3 is 2.67 bits per heavy atom. The smallest absolute Gasteiger partial charge is 0.0734 e. The SMILES string of the molecule is Cc1cccc2ccc(C3(CN)CCCC3)nc12. The Morgan fingerprint density at radius 2 is 1.94 bits per heavy atom. The van der Waals surface area contributed by atoms with Crippen molar-refractivity contribution in [1.82, 2.24) is 4.98 Å². The molecular weight excluding hydrogens is 220 g/mol. The fraction of sp³-hybridized carbons (Fsp3) is 0.438. The average Bonchev–Trinajstić information content (AvgIpc) is 2.89. The Balaban J connectivity index is 2.15. The van der Waals surface area contributed by atoms with E-state index in [0.717, 1.165) is 12.1 Å². The summed E-state index contributed by atoms with van der Waals surface area (Å²) in [6.45, 7) is 2.85. The van der Waals surface area contributed by atoms with Crippen molar-refractivity contribution in [3.63, 3.8) is 0 Å². The molecule has 1 aliphatic rings. The van der Waals surface area contributed by atoms with E-state index in [1.165, 1.54) is 42.3 Å². The molecule has 1 saturated carbocycles. The van der Waals surface area contributed by atoms with Crippen molar-refractivity contribution in [3.8, 4) is 0 Å². The summed E-state index contributed by atoms with van der Waals surface area (Å²) in [5, 5.41) is 1.23. The Hall–Kier alpha value is -1.41. The van der Waals surface area contributed by atoms with Gasteiger partial charge in [-0.1, -0.05) is 37.1 Å². The van der Waals surface area contributed by atoms with Crippen LogP contribution in [-0.4, -0.2) is 11.5 Å². The lowest BCUT2D eigenvalue weighted by Crippen LogP contribution is -2.33. The van der Waals surface area contributed by atoms with Crippen LogP contribution in [0.3, 0.4) is 0 Å². The van der Waals surface area contributed by atoms with E-state index in [-0.39, 0.29) is 5.41 Å². The van der Waals surface area contributed by atoms with Crippen LogP contribution in [0.2, 0.25) is 0 Å². The molecule has 0 radical (unpaired) electrons. The third-order valence-electron chi connectivity index (χ3n) is 4.42. The number of fused-ring (bicyclic) bond motifs is 1. The van der Waals surface area contributed by atoms with Crippen molar-refractivity contribution in [3.05, 3.63) is 41.6 Å². The molecule has 0 aliphatic heterocycles. The van der Waals surface area contributed by atoms with Crippen LogP contribution >= 0.6 is 0 Å². The van der Waals surface area contributed by atoms with Crippen LogP contribution in [0.1, 0.15) is 36.9 Å². The largest absolute Gasteiger partial charge is 0.330 e. The normalized spacial score (nSPS) is 18.3. The Bertz CT molecular complexity index is 568. The Morgan fingerprint density at radius 1 is 1.17 bits per heavy atom. The van der Waals surface area contributed by atoms with Gasteiger partial charge in [0.15, 0.2) is 0 Å². The molecule has 2 aromatic rings. The molecule has 0 amide bonds. The highest BCUT2D eigenvalue weighted by Crippen LogP contribution is 2.39. The van der Waals surface area contributed by atoms with Crippen LogP contribution in [0.4, 0.5) is 0 Å². The number of para-hydroxylation sites is 1. The van der Waals surface area contributed by atoms with Gasteiger partial charge in [-0.25, -0.2) is 0 Å². The molecule has 0 atom stereocenters. The van der Waals surface area contributed by atoms with Crippen LogP contribution in [0.5, 0.6) is 0 Å². The van der Waals surface area contributed by atoms with Gasteiger partial charge in [-0.15, -0.1) is 0 Å². The number of rotatable bonds is 2. The minimum atomic E-state index is 0.135. The minimum Gasteiger partial charge on any atom is -0.330 e.